The fraction of sp³-hybridized carbons (Fsp3) is 0.625. The van der Waals surface area contributed by atoms with E-state index in [9.17, 15) is 5.11 Å². The molecule has 1 aromatic carbocycles. The van der Waals surface area contributed by atoms with Gasteiger partial charge in [-0.1, -0.05) is 46.1 Å². The van der Waals surface area contributed by atoms with E-state index in [1.807, 2.05) is 12.1 Å². The maximum absolute atomic E-state index is 10.2. The van der Waals surface area contributed by atoms with Crippen LogP contribution in [0, 0.1) is 0 Å². The number of hydrogen-bond donors (Lipinski definition) is 1. The van der Waals surface area contributed by atoms with Gasteiger partial charge < -0.3 is 9.84 Å². The summed E-state index contributed by atoms with van der Waals surface area (Å²) in [6.45, 7) is 7.29. The van der Waals surface area contributed by atoms with Crippen molar-refractivity contribution >= 4 is 0 Å². The summed E-state index contributed by atoms with van der Waals surface area (Å²) >= 11 is 0. The molecule has 18 heavy (non-hydrogen) atoms. The van der Waals surface area contributed by atoms with Crippen LogP contribution in [0.25, 0.3) is 0 Å². The van der Waals surface area contributed by atoms with Crippen LogP contribution in [0.4, 0.5) is 0 Å². The minimum absolute atomic E-state index is 0.0640. The van der Waals surface area contributed by atoms with Gasteiger partial charge in [0.1, 0.15) is 5.75 Å². The lowest BCUT2D eigenvalue weighted by Crippen LogP contribution is -2.18. The van der Waals surface area contributed by atoms with Crippen LogP contribution in [0.3, 0.4) is 0 Å². The third kappa shape index (κ3) is 2.69. The summed E-state index contributed by atoms with van der Waals surface area (Å²) in [5, 5.41) is 10.2. The summed E-state index contributed by atoms with van der Waals surface area (Å²) < 4.78 is 5.67. The number of aliphatic hydroxyl groups excluding tert-OH is 1. The molecule has 0 saturated carbocycles. The Labute approximate surface area is 110 Å². The van der Waals surface area contributed by atoms with Crippen molar-refractivity contribution in [3.8, 4) is 5.75 Å². The van der Waals surface area contributed by atoms with Crippen LogP contribution in [0.15, 0.2) is 18.2 Å². The Morgan fingerprint density at radius 3 is 2.83 bits per heavy atom. The zero-order chi connectivity index (χ0) is 13.2. The van der Waals surface area contributed by atoms with Crippen LogP contribution in [-0.2, 0) is 5.41 Å². The molecule has 2 rings (SSSR count). The third-order valence-corrected chi connectivity index (χ3v) is 3.79. The van der Waals surface area contributed by atoms with E-state index in [1.54, 1.807) is 0 Å². The van der Waals surface area contributed by atoms with Crippen molar-refractivity contribution in [1.29, 1.82) is 0 Å². The van der Waals surface area contributed by atoms with E-state index in [0.717, 1.165) is 30.8 Å². The molecule has 1 aromatic rings. The maximum atomic E-state index is 10.2. The predicted octanol–water partition coefficient (Wildman–Crippen LogP) is 3.97. The van der Waals surface area contributed by atoms with Gasteiger partial charge in [-0.05, 0) is 24.1 Å². The second-order valence-electron chi connectivity index (χ2n) is 5.94. The monoisotopic (exact) mass is 248 g/mol. The lowest BCUT2D eigenvalue weighted by atomic mass is 9.85. The molecule has 100 valence electrons. The van der Waals surface area contributed by atoms with Crippen molar-refractivity contribution in [3.63, 3.8) is 0 Å². The highest BCUT2D eigenvalue weighted by Gasteiger charge is 2.32. The molecule has 0 aliphatic carbocycles. The predicted molar refractivity (Wildman–Crippen MR) is 74.1 cm³/mol. The SMILES string of the molecule is CCCCCC(O)c1ccc2c(c1)C(C)(C)CO2. The molecular formula is C16H24O2. The summed E-state index contributed by atoms with van der Waals surface area (Å²) in [6, 6.07) is 6.12. The Kier molecular flexibility index (Phi) is 3.96. The summed E-state index contributed by atoms with van der Waals surface area (Å²) in [5.74, 6) is 0.976. The van der Waals surface area contributed by atoms with Gasteiger partial charge in [-0.2, -0.15) is 0 Å². The largest absolute Gasteiger partial charge is 0.492 e. The van der Waals surface area contributed by atoms with Gasteiger partial charge in [0.05, 0.1) is 12.7 Å². The summed E-state index contributed by atoms with van der Waals surface area (Å²) in [4.78, 5) is 0. The third-order valence-electron chi connectivity index (χ3n) is 3.79. The molecule has 0 spiro atoms. The van der Waals surface area contributed by atoms with E-state index < -0.39 is 0 Å². The first kappa shape index (κ1) is 13.4. The number of hydrogen-bond acceptors (Lipinski definition) is 2. The van der Waals surface area contributed by atoms with Gasteiger partial charge in [0.15, 0.2) is 0 Å². The molecule has 0 amide bonds. The lowest BCUT2D eigenvalue weighted by Gasteiger charge is -2.17. The maximum Gasteiger partial charge on any atom is 0.123 e. The first-order chi connectivity index (χ1) is 8.54. The number of ether oxygens (including phenoxy) is 1. The highest BCUT2D eigenvalue weighted by atomic mass is 16.5. The molecular weight excluding hydrogens is 224 g/mol. The summed E-state index contributed by atoms with van der Waals surface area (Å²) in [5.41, 5.74) is 2.33. The molecule has 2 heteroatoms. The zero-order valence-electron chi connectivity index (χ0n) is 11.7. The summed E-state index contributed by atoms with van der Waals surface area (Å²) in [6.07, 6.45) is 4.00. The van der Waals surface area contributed by atoms with Crippen LogP contribution < -0.4 is 4.74 Å². The molecule has 1 unspecified atom stereocenters. The van der Waals surface area contributed by atoms with E-state index in [4.69, 9.17) is 4.74 Å². The van der Waals surface area contributed by atoms with Crippen molar-refractivity contribution in [2.45, 2.75) is 58.0 Å². The number of fused-ring (bicyclic) bond motifs is 1. The second kappa shape index (κ2) is 5.31. The smallest absolute Gasteiger partial charge is 0.123 e. The lowest BCUT2D eigenvalue weighted by molar-refractivity contribution is 0.163. The Morgan fingerprint density at radius 2 is 2.11 bits per heavy atom. The quantitative estimate of drug-likeness (QED) is 0.799. The zero-order valence-corrected chi connectivity index (χ0v) is 11.7. The van der Waals surface area contributed by atoms with E-state index in [1.165, 1.54) is 18.4 Å². The van der Waals surface area contributed by atoms with Gasteiger partial charge >= 0.3 is 0 Å². The Bertz CT molecular complexity index is 410. The van der Waals surface area contributed by atoms with Crippen LogP contribution in [-0.4, -0.2) is 11.7 Å². The van der Waals surface area contributed by atoms with E-state index in [-0.39, 0.29) is 11.5 Å². The molecule has 0 fully saturated rings. The summed E-state index contributed by atoms with van der Waals surface area (Å²) in [7, 11) is 0. The molecule has 0 aromatic heterocycles. The fourth-order valence-corrected chi connectivity index (χ4v) is 2.50. The van der Waals surface area contributed by atoms with Gasteiger partial charge in [-0.25, -0.2) is 0 Å². The first-order valence-corrected chi connectivity index (χ1v) is 7.00. The van der Waals surface area contributed by atoms with Crippen molar-refractivity contribution in [2.75, 3.05) is 6.61 Å². The topological polar surface area (TPSA) is 29.5 Å². The van der Waals surface area contributed by atoms with Gasteiger partial charge in [-0.3, -0.25) is 0 Å². The van der Waals surface area contributed by atoms with Crippen LogP contribution in [0.1, 0.15) is 63.7 Å². The second-order valence-corrected chi connectivity index (χ2v) is 5.94. The molecule has 1 aliphatic rings. The minimum atomic E-state index is -0.335. The van der Waals surface area contributed by atoms with Gasteiger partial charge in [-0.15, -0.1) is 0 Å². The number of aliphatic hydroxyl groups is 1. The molecule has 0 saturated heterocycles. The number of unbranched alkanes of at least 4 members (excludes halogenated alkanes) is 2. The molecule has 1 heterocycles. The van der Waals surface area contributed by atoms with E-state index >= 15 is 0 Å². The Hall–Kier alpha value is -1.02. The Morgan fingerprint density at radius 1 is 1.33 bits per heavy atom. The first-order valence-electron chi connectivity index (χ1n) is 7.00. The van der Waals surface area contributed by atoms with Gasteiger partial charge in [0.2, 0.25) is 0 Å². The number of rotatable bonds is 5. The standard InChI is InChI=1S/C16H24O2/c1-4-5-6-7-14(17)12-8-9-15-13(10-12)16(2,3)11-18-15/h8-10,14,17H,4-7,11H2,1-3H3. The molecule has 0 bridgehead atoms. The molecule has 1 aliphatic heterocycles. The highest BCUT2D eigenvalue weighted by Crippen LogP contribution is 2.39. The normalized spacial score (nSPS) is 18.2. The Balaban J connectivity index is 2.11. The molecule has 1 N–H and O–H groups in total. The van der Waals surface area contributed by atoms with Crippen LogP contribution >= 0.6 is 0 Å². The molecule has 0 radical (unpaired) electrons. The van der Waals surface area contributed by atoms with Crippen molar-refractivity contribution in [1.82, 2.24) is 0 Å². The fourth-order valence-electron chi connectivity index (χ4n) is 2.50. The van der Waals surface area contributed by atoms with E-state index in [2.05, 4.69) is 26.8 Å². The number of benzene rings is 1. The van der Waals surface area contributed by atoms with E-state index in [0.29, 0.717) is 0 Å². The van der Waals surface area contributed by atoms with Gasteiger partial charge in [0, 0.05) is 11.0 Å². The molecule has 2 nitrogen and oxygen atoms in total. The van der Waals surface area contributed by atoms with Crippen molar-refractivity contribution in [3.05, 3.63) is 29.3 Å². The highest BCUT2D eigenvalue weighted by molar-refractivity contribution is 5.45. The average Bonchev–Trinajstić information content (AvgIpc) is 2.65. The van der Waals surface area contributed by atoms with Crippen LogP contribution in [0.2, 0.25) is 0 Å². The van der Waals surface area contributed by atoms with Crippen molar-refractivity contribution in [2.24, 2.45) is 0 Å². The van der Waals surface area contributed by atoms with Crippen LogP contribution in [0.5, 0.6) is 5.75 Å². The van der Waals surface area contributed by atoms with Crippen molar-refractivity contribution < 1.29 is 9.84 Å². The van der Waals surface area contributed by atoms with Gasteiger partial charge in [0.25, 0.3) is 0 Å². The average molecular weight is 248 g/mol. The minimum Gasteiger partial charge on any atom is -0.492 e. The molecule has 1 atom stereocenters.